The summed E-state index contributed by atoms with van der Waals surface area (Å²) in [4.78, 5) is 23.2. The summed E-state index contributed by atoms with van der Waals surface area (Å²) in [5.74, 6) is 0.266. The van der Waals surface area contributed by atoms with Gasteiger partial charge in [-0.15, -0.1) is 0 Å². The highest BCUT2D eigenvalue weighted by Crippen LogP contribution is 2.30. The number of carbonyl (C=O) groups excluding carboxylic acids is 2. The smallest absolute Gasteiger partial charge is 0.234 e. The van der Waals surface area contributed by atoms with Gasteiger partial charge >= 0.3 is 0 Å². The third-order valence-electron chi connectivity index (χ3n) is 4.44. The van der Waals surface area contributed by atoms with E-state index in [0.29, 0.717) is 12.8 Å². The molecule has 1 atom stereocenters. The van der Waals surface area contributed by atoms with Crippen molar-refractivity contribution in [3.63, 3.8) is 0 Å². The van der Waals surface area contributed by atoms with Gasteiger partial charge in [-0.25, -0.2) is 0 Å². The molecule has 0 saturated carbocycles. The summed E-state index contributed by atoms with van der Waals surface area (Å²) in [6.07, 6.45) is 3.30. The molecule has 0 aliphatic carbocycles. The van der Waals surface area contributed by atoms with Crippen molar-refractivity contribution in [1.29, 1.82) is 0 Å². The Balaban J connectivity index is 1.71. The second-order valence-corrected chi connectivity index (χ2v) is 6.09. The quantitative estimate of drug-likeness (QED) is 0.833. The summed E-state index contributed by atoms with van der Waals surface area (Å²) >= 11 is 0. The van der Waals surface area contributed by atoms with Crippen LogP contribution in [0.1, 0.15) is 42.7 Å². The van der Waals surface area contributed by atoms with Gasteiger partial charge < -0.3 is 10.1 Å². The molecule has 2 heterocycles. The van der Waals surface area contributed by atoms with E-state index >= 15 is 0 Å². The molecule has 3 rings (SSSR count). The lowest BCUT2D eigenvalue weighted by atomic mass is 9.88. The SMILES string of the molecule is Cc1cc(OC2CCNCC2)ccc1C1CCC(=O)NC1=O. The van der Waals surface area contributed by atoms with E-state index in [2.05, 4.69) is 10.6 Å². The lowest BCUT2D eigenvalue weighted by Gasteiger charge is -2.25. The van der Waals surface area contributed by atoms with Gasteiger partial charge in [-0.2, -0.15) is 0 Å². The van der Waals surface area contributed by atoms with Crippen LogP contribution in [0.5, 0.6) is 5.75 Å². The van der Waals surface area contributed by atoms with E-state index in [0.717, 1.165) is 42.8 Å². The molecule has 0 aromatic heterocycles. The van der Waals surface area contributed by atoms with E-state index in [1.807, 2.05) is 25.1 Å². The minimum Gasteiger partial charge on any atom is -0.490 e. The van der Waals surface area contributed by atoms with Crippen molar-refractivity contribution in [2.75, 3.05) is 13.1 Å². The summed E-state index contributed by atoms with van der Waals surface area (Å²) < 4.78 is 6.03. The Kier molecular flexibility index (Phi) is 4.43. The Bertz CT molecular complexity index is 579. The number of aryl methyl sites for hydroxylation is 1. The second-order valence-electron chi connectivity index (χ2n) is 6.09. The molecular weight excluding hydrogens is 280 g/mol. The fourth-order valence-corrected chi connectivity index (χ4v) is 3.21. The number of piperidine rings is 2. The maximum Gasteiger partial charge on any atom is 0.234 e. The van der Waals surface area contributed by atoms with Crippen molar-refractivity contribution >= 4 is 11.8 Å². The lowest BCUT2D eigenvalue weighted by Crippen LogP contribution is -2.39. The molecule has 1 aromatic rings. The molecule has 118 valence electrons. The average molecular weight is 302 g/mol. The van der Waals surface area contributed by atoms with Crippen molar-refractivity contribution < 1.29 is 14.3 Å². The molecule has 2 saturated heterocycles. The van der Waals surface area contributed by atoms with Gasteiger partial charge in [0.1, 0.15) is 11.9 Å². The Labute approximate surface area is 130 Å². The van der Waals surface area contributed by atoms with Gasteiger partial charge in [-0.3, -0.25) is 14.9 Å². The molecule has 1 aromatic carbocycles. The van der Waals surface area contributed by atoms with Gasteiger partial charge in [0.15, 0.2) is 0 Å². The van der Waals surface area contributed by atoms with Crippen molar-refractivity contribution in [3.8, 4) is 5.75 Å². The third-order valence-corrected chi connectivity index (χ3v) is 4.44. The van der Waals surface area contributed by atoms with Gasteiger partial charge in [0.2, 0.25) is 11.8 Å². The van der Waals surface area contributed by atoms with Crippen LogP contribution in [0.3, 0.4) is 0 Å². The van der Waals surface area contributed by atoms with Gasteiger partial charge in [-0.1, -0.05) is 6.07 Å². The summed E-state index contributed by atoms with van der Waals surface area (Å²) in [6.45, 7) is 3.99. The summed E-state index contributed by atoms with van der Waals surface area (Å²) in [5, 5.41) is 5.74. The molecule has 2 aliphatic heterocycles. The summed E-state index contributed by atoms with van der Waals surface area (Å²) in [6, 6.07) is 5.90. The van der Waals surface area contributed by atoms with Crippen LogP contribution in [-0.2, 0) is 9.59 Å². The number of ether oxygens (including phenoxy) is 1. The minimum atomic E-state index is -0.231. The molecule has 2 N–H and O–H groups in total. The van der Waals surface area contributed by atoms with E-state index < -0.39 is 0 Å². The molecule has 22 heavy (non-hydrogen) atoms. The Morgan fingerprint density at radius 2 is 1.91 bits per heavy atom. The summed E-state index contributed by atoms with van der Waals surface area (Å²) in [7, 11) is 0. The summed E-state index contributed by atoms with van der Waals surface area (Å²) in [5.41, 5.74) is 2.03. The maximum absolute atomic E-state index is 12.0. The first-order valence-electron chi connectivity index (χ1n) is 7.95. The van der Waals surface area contributed by atoms with E-state index in [4.69, 9.17) is 4.74 Å². The molecule has 0 bridgehead atoms. The van der Waals surface area contributed by atoms with Crippen LogP contribution in [-0.4, -0.2) is 31.0 Å². The molecule has 0 radical (unpaired) electrons. The van der Waals surface area contributed by atoms with Crippen LogP contribution >= 0.6 is 0 Å². The van der Waals surface area contributed by atoms with E-state index in [9.17, 15) is 9.59 Å². The fourth-order valence-electron chi connectivity index (χ4n) is 3.21. The first-order chi connectivity index (χ1) is 10.6. The second kappa shape index (κ2) is 6.48. The largest absolute Gasteiger partial charge is 0.490 e. The Morgan fingerprint density at radius 1 is 1.14 bits per heavy atom. The van der Waals surface area contributed by atoms with Gasteiger partial charge in [0, 0.05) is 6.42 Å². The normalized spacial score (nSPS) is 23.2. The maximum atomic E-state index is 12.0. The molecular formula is C17H22N2O3. The van der Waals surface area contributed by atoms with Gasteiger partial charge in [0.25, 0.3) is 0 Å². The predicted octanol–water partition coefficient (Wildman–Crippen LogP) is 1.65. The zero-order valence-electron chi connectivity index (χ0n) is 12.9. The lowest BCUT2D eigenvalue weighted by molar-refractivity contribution is -0.134. The number of rotatable bonds is 3. The van der Waals surface area contributed by atoms with E-state index in [-0.39, 0.29) is 23.8 Å². The van der Waals surface area contributed by atoms with Crippen LogP contribution in [0.4, 0.5) is 0 Å². The minimum absolute atomic E-state index is 0.176. The molecule has 0 spiro atoms. The molecule has 5 heteroatoms. The highest BCUT2D eigenvalue weighted by Gasteiger charge is 2.29. The highest BCUT2D eigenvalue weighted by atomic mass is 16.5. The number of benzene rings is 1. The number of hydrogen-bond donors (Lipinski definition) is 2. The van der Waals surface area contributed by atoms with Crippen molar-refractivity contribution in [3.05, 3.63) is 29.3 Å². The van der Waals surface area contributed by atoms with Crippen LogP contribution in [0.2, 0.25) is 0 Å². The first-order valence-corrected chi connectivity index (χ1v) is 7.95. The molecule has 5 nitrogen and oxygen atoms in total. The van der Waals surface area contributed by atoms with Gasteiger partial charge in [0.05, 0.1) is 5.92 Å². The highest BCUT2D eigenvalue weighted by molar-refractivity contribution is 6.01. The van der Waals surface area contributed by atoms with E-state index in [1.165, 1.54) is 0 Å². The molecule has 1 unspecified atom stereocenters. The van der Waals surface area contributed by atoms with Crippen molar-refractivity contribution in [2.24, 2.45) is 0 Å². The monoisotopic (exact) mass is 302 g/mol. The number of nitrogens with one attached hydrogen (secondary N) is 2. The average Bonchev–Trinajstić information content (AvgIpc) is 2.49. The van der Waals surface area contributed by atoms with Crippen molar-refractivity contribution in [2.45, 2.75) is 44.6 Å². The molecule has 2 amide bonds. The van der Waals surface area contributed by atoms with Crippen LogP contribution < -0.4 is 15.4 Å². The molecule has 2 fully saturated rings. The van der Waals surface area contributed by atoms with E-state index in [1.54, 1.807) is 0 Å². The standard InChI is InChI=1S/C17H22N2O3/c1-11-10-13(22-12-6-8-18-9-7-12)2-3-14(11)15-4-5-16(20)19-17(15)21/h2-3,10,12,15,18H,4-9H2,1H3,(H,19,20,21). The predicted molar refractivity (Wildman–Crippen MR) is 82.8 cm³/mol. The topological polar surface area (TPSA) is 67.4 Å². The number of carbonyl (C=O) groups is 2. The Morgan fingerprint density at radius 3 is 2.59 bits per heavy atom. The number of imide groups is 1. The number of hydrogen-bond acceptors (Lipinski definition) is 4. The van der Waals surface area contributed by atoms with Gasteiger partial charge in [-0.05, 0) is 62.5 Å². The zero-order valence-corrected chi connectivity index (χ0v) is 12.9. The van der Waals surface area contributed by atoms with Crippen LogP contribution in [0.15, 0.2) is 18.2 Å². The fraction of sp³-hybridized carbons (Fsp3) is 0.529. The van der Waals surface area contributed by atoms with Crippen LogP contribution in [0.25, 0.3) is 0 Å². The first kappa shape index (κ1) is 15.0. The third kappa shape index (κ3) is 3.30. The molecule has 2 aliphatic rings. The zero-order chi connectivity index (χ0) is 15.5. The Hall–Kier alpha value is -1.88. The number of amides is 2. The van der Waals surface area contributed by atoms with Crippen molar-refractivity contribution in [1.82, 2.24) is 10.6 Å². The van der Waals surface area contributed by atoms with Crippen LogP contribution in [0, 0.1) is 6.92 Å².